The van der Waals surface area contributed by atoms with E-state index in [1.807, 2.05) is 6.07 Å². The maximum absolute atomic E-state index is 12.2. The van der Waals surface area contributed by atoms with Gasteiger partial charge in [0.25, 0.3) is 5.91 Å². The van der Waals surface area contributed by atoms with Crippen LogP contribution >= 0.6 is 0 Å². The van der Waals surface area contributed by atoms with E-state index in [1.54, 1.807) is 23.1 Å². The van der Waals surface area contributed by atoms with Crippen molar-refractivity contribution in [2.75, 3.05) is 24.6 Å². The molecule has 0 radical (unpaired) electrons. The summed E-state index contributed by atoms with van der Waals surface area (Å²) in [6, 6.07) is 6.68. The predicted molar refractivity (Wildman–Crippen MR) is 87.4 cm³/mol. The van der Waals surface area contributed by atoms with Crippen molar-refractivity contribution in [1.29, 1.82) is 5.26 Å². The van der Waals surface area contributed by atoms with Gasteiger partial charge in [-0.05, 0) is 37.5 Å². The molecule has 0 unspecified atom stereocenters. The molecule has 1 saturated heterocycles. The molecule has 2 heterocycles. The minimum Gasteiger partial charge on any atom is -0.482 e. The van der Waals surface area contributed by atoms with Crippen LogP contribution in [0.15, 0.2) is 18.2 Å². The topological polar surface area (TPSA) is 114 Å². The standard InChI is InChI=1S/C17H19N3O5/c18-8-11-1-4-15-14(7-11)19(16(22)10-25-15)6-5-12-2-3-13(21)9-20(12)17(23)24/h1,4,7,12-13,21H,2-3,5-6,9-10H2,(H,23,24)/t12-,13-/m1/s1. The van der Waals surface area contributed by atoms with Gasteiger partial charge in [-0.2, -0.15) is 5.26 Å². The molecule has 1 fully saturated rings. The number of ether oxygens (including phenoxy) is 1. The van der Waals surface area contributed by atoms with Crippen molar-refractivity contribution in [2.24, 2.45) is 0 Å². The van der Waals surface area contributed by atoms with Crippen molar-refractivity contribution in [3.63, 3.8) is 0 Å². The Bertz CT molecular complexity index is 729. The molecule has 0 bridgehead atoms. The van der Waals surface area contributed by atoms with E-state index in [9.17, 15) is 19.8 Å². The van der Waals surface area contributed by atoms with Crippen LogP contribution in [0.25, 0.3) is 0 Å². The van der Waals surface area contributed by atoms with Crippen LogP contribution in [-0.4, -0.2) is 59.0 Å². The molecule has 1 aromatic carbocycles. The zero-order valence-electron chi connectivity index (χ0n) is 13.6. The first-order valence-corrected chi connectivity index (χ1v) is 8.14. The van der Waals surface area contributed by atoms with E-state index in [1.165, 1.54) is 4.90 Å². The maximum Gasteiger partial charge on any atom is 0.407 e. The molecule has 8 nitrogen and oxygen atoms in total. The van der Waals surface area contributed by atoms with Gasteiger partial charge in [-0.25, -0.2) is 4.79 Å². The van der Waals surface area contributed by atoms with Crippen LogP contribution < -0.4 is 9.64 Å². The number of amides is 2. The summed E-state index contributed by atoms with van der Waals surface area (Å²) < 4.78 is 5.39. The Morgan fingerprint density at radius 1 is 1.40 bits per heavy atom. The smallest absolute Gasteiger partial charge is 0.407 e. The number of carboxylic acid groups (broad SMARTS) is 1. The van der Waals surface area contributed by atoms with E-state index in [-0.39, 0.29) is 25.1 Å². The Balaban J connectivity index is 1.76. The highest BCUT2D eigenvalue weighted by molar-refractivity contribution is 5.98. The number of hydrogen-bond acceptors (Lipinski definition) is 5. The first-order chi connectivity index (χ1) is 12.0. The zero-order chi connectivity index (χ0) is 18.0. The molecule has 132 valence electrons. The van der Waals surface area contributed by atoms with Gasteiger partial charge in [0.1, 0.15) is 5.75 Å². The Labute approximate surface area is 144 Å². The molecule has 1 aromatic rings. The van der Waals surface area contributed by atoms with Gasteiger partial charge in [0.15, 0.2) is 6.61 Å². The van der Waals surface area contributed by atoms with E-state index in [4.69, 9.17) is 10.00 Å². The van der Waals surface area contributed by atoms with Crippen molar-refractivity contribution in [2.45, 2.75) is 31.4 Å². The lowest BCUT2D eigenvalue weighted by Gasteiger charge is -2.37. The summed E-state index contributed by atoms with van der Waals surface area (Å²) in [4.78, 5) is 26.4. The van der Waals surface area contributed by atoms with E-state index >= 15 is 0 Å². The highest BCUT2D eigenvalue weighted by atomic mass is 16.5. The van der Waals surface area contributed by atoms with Crippen LogP contribution in [0.1, 0.15) is 24.8 Å². The van der Waals surface area contributed by atoms with E-state index in [0.29, 0.717) is 42.8 Å². The number of nitrogens with zero attached hydrogens (tertiary/aromatic N) is 3. The molecule has 8 heteroatoms. The SMILES string of the molecule is N#Cc1ccc2c(c1)N(CC[C@H]1CC[C@@H](O)CN1C(=O)O)C(=O)CO2. The van der Waals surface area contributed by atoms with E-state index in [0.717, 1.165) is 0 Å². The molecular formula is C17H19N3O5. The largest absolute Gasteiger partial charge is 0.482 e. The summed E-state index contributed by atoms with van der Waals surface area (Å²) in [5, 5.41) is 28.1. The van der Waals surface area contributed by atoms with Gasteiger partial charge in [-0.3, -0.25) is 4.79 Å². The molecule has 0 spiro atoms. The molecule has 2 N–H and O–H groups in total. The van der Waals surface area contributed by atoms with Crippen molar-refractivity contribution in [1.82, 2.24) is 4.90 Å². The Morgan fingerprint density at radius 2 is 2.20 bits per heavy atom. The van der Waals surface area contributed by atoms with Gasteiger partial charge in [0, 0.05) is 12.6 Å². The molecule has 25 heavy (non-hydrogen) atoms. The number of aliphatic hydroxyl groups is 1. The molecule has 0 aromatic heterocycles. The van der Waals surface area contributed by atoms with Gasteiger partial charge >= 0.3 is 6.09 Å². The average molecular weight is 345 g/mol. The third-order valence-electron chi connectivity index (χ3n) is 4.64. The highest BCUT2D eigenvalue weighted by Gasteiger charge is 2.32. The average Bonchev–Trinajstić information content (AvgIpc) is 2.61. The molecule has 2 amide bonds. The van der Waals surface area contributed by atoms with Gasteiger partial charge in [-0.15, -0.1) is 0 Å². The summed E-state index contributed by atoms with van der Waals surface area (Å²) >= 11 is 0. The van der Waals surface area contributed by atoms with Crippen LogP contribution in [0.3, 0.4) is 0 Å². The molecule has 3 rings (SSSR count). The van der Waals surface area contributed by atoms with Crippen LogP contribution in [0, 0.1) is 11.3 Å². The lowest BCUT2D eigenvalue weighted by Crippen LogP contribution is -2.50. The Kier molecular flexibility index (Phi) is 4.76. The monoisotopic (exact) mass is 345 g/mol. The van der Waals surface area contributed by atoms with Crippen LogP contribution in [0.5, 0.6) is 5.75 Å². The highest BCUT2D eigenvalue weighted by Crippen LogP contribution is 2.33. The first-order valence-electron chi connectivity index (χ1n) is 8.14. The second-order valence-electron chi connectivity index (χ2n) is 6.24. The normalized spacial score (nSPS) is 22.8. The van der Waals surface area contributed by atoms with Crippen molar-refractivity contribution >= 4 is 17.7 Å². The minimum atomic E-state index is -1.07. The number of β-amino-alcohol motifs (C(OH)–C–C–N with tert-alkyl or cyclic N) is 1. The van der Waals surface area contributed by atoms with E-state index in [2.05, 4.69) is 0 Å². The number of anilines is 1. The van der Waals surface area contributed by atoms with Gasteiger partial charge in [0.05, 0.1) is 30.0 Å². The fourth-order valence-corrected chi connectivity index (χ4v) is 3.34. The lowest BCUT2D eigenvalue weighted by atomic mass is 9.97. The molecular weight excluding hydrogens is 326 g/mol. The number of likely N-dealkylation sites (tertiary alicyclic amines) is 1. The second kappa shape index (κ2) is 6.99. The number of fused-ring (bicyclic) bond motifs is 1. The third-order valence-corrected chi connectivity index (χ3v) is 4.64. The number of carbonyl (C=O) groups is 2. The molecule has 0 aliphatic carbocycles. The van der Waals surface area contributed by atoms with Gasteiger partial charge < -0.3 is 24.7 Å². The Hall–Kier alpha value is -2.79. The van der Waals surface area contributed by atoms with Crippen LogP contribution in [0.4, 0.5) is 10.5 Å². The molecule has 2 atom stereocenters. The van der Waals surface area contributed by atoms with Gasteiger partial charge in [0.2, 0.25) is 0 Å². The maximum atomic E-state index is 12.2. The summed E-state index contributed by atoms with van der Waals surface area (Å²) in [6.07, 6.45) is -0.154. The molecule has 0 saturated carbocycles. The second-order valence-corrected chi connectivity index (χ2v) is 6.24. The molecule has 2 aliphatic heterocycles. The fraction of sp³-hybridized carbons (Fsp3) is 0.471. The van der Waals surface area contributed by atoms with E-state index < -0.39 is 12.2 Å². The van der Waals surface area contributed by atoms with Crippen molar-refractivity contribution < 1.29 is 24.5 Å². The van der Waals surface area contributed by atoms with Gasteiger partial charge in [-0.1, -0.05) is 0 Å². The number of piperidine rings is 1. The number of carbonyl (C=O) groups excluding carboxylic acids is 1. The summed E-state index contributed by atoms with van der Waals surface area (Å²) in [7, 11) is 0. The third kappa shape index (κ3) is 3.51. The minimum absolute atomic E-state index is 0.0784. The number of hydrogen-bond donors (Lipinski definition) is 2. The summed E-state index contributed by atoms with van der Waals surface area (Å²) in [5.41, 5.74) is 0.961. The predicted octanol–water partition coefficient (Wildman–Crippen LogP) is 1.18. The number of nitriles is 1. The van der Waals surface area contributed by atoms with Crippen molar-refractivity contribution in [3.8, 4) is 11.8 Å². The quantitative estimate of drug-likeness (QED) is 0.850. The summed E-state index contributed by atoms with van der Waals surface area (Å²) in [5.74, 6) is 0.313. The zero-order valence-corrected chi connectivity index (χ0v) is 13.6. The van der Waals surface area contributed by atoms with Crippen LogP contribution in [0.2, 0.25) is 0 Å². The number of benzene rings is 1. The lowest BCUT2D eigenvalue weighted by molar-refractivity contribution is -0.121. The fourth-order valence-electron chi connectivity index (χ4n) is 3.34. The number of aliphatic hydroxyl groups excluding tert-OH is 1. The number of rotatable bonds is 3. The Morgan fingerprint density at radius 3 is 2.92 bits per heavy atom. The van der Waals surface area contributed by atoms with Crippen LogP contribution in [-0.2, 0) is 4.79 Å². The molecule has 2 aliphatic rings. The first kappa shape index (κ1) is 17.0. The summed E-state index contributed by atoms with van der Waals surface area (Å²) in [6.45, 7) is 0.339. The van der Waals surface area contributed by atoms with Crippen molar-refractivity contribution in [3.05, 3.63) is 23.8 Å².